The van der Waals surface area contributed by atoms with Gasteiger partial charge in [-0.3, -0.25) is 4.79 Å². The molecule has 2 aliphatic heterocycles. The predicted molar refractivity (Wildman–Crippen MR) is 94.9 cm³/mol. The third-order valence-corrected chi connectivity index (χ3v) is 4.35. The van der Waals surface area contributed by atoms with Crippen molar-refractivity contribution < 1.29 is 24.1 Å². The number of aliphatic hydroxyl groups is 1. The average Bonchev–Trinajstić information content (AvgIpc) is 2.59. The first-order chi connectivity index (χ1) is 11.6. The highest BCUT2D eigenvalue weighted by Crippen LogP contribution is 2.39. The Hall–Kier alpha value is -1.25. The van der Waals surface area contributed by atoms with Gasteiger partial charge in [0.1, 0.15) is 19.3 Å². The summed E-state index contributed by atoms with van der Waals surface area (Å²) >= 11 is 6.16. The quantitative estimate of drug-likeness (QED) is 0.709. The molecule has 25 heavy (non-hydrogen) atoms. The highest BCUT2D eigenvalue weighted by molar-refractivity contribution is 6.32. The van der Waals surface area contributed by atoms with Crippen LogP contribution in [0.25, 0.3) is 0 Å². The van der Waals surface area contributed by atoms with E-state index in [9.17, 15) is 9.90 Å². The number of ether oxygens (including phenoxy) is 3. The highest BCUT2D eigenvalue weighted by Gasteiger charge is 2.28. The third-order valence-electron chi connectivity index (χ3n) is 4.07. The molecule has 0 aromatic heterocycles. The van der Waals surface area contributed by atoms with Gasteiger partial charge in [0.25, 0.3) is 0 Å². The molecule has 2 aliphatic rings. The minimum absolute atomic E-state index is 0. The van der Waals surface area contributed by atoms with E-state index in [1.807, 2.05) is 6.92 Å². The number of amides is 1. The number of fused-ring (bicyclic) bond motifs is 1. The van der Waals surface area contributed by atoms with Gasteiger partial charge in [-0.15, -0.1) is 12.4 Å². The highest BCUT2D eigenvalue weighted by atomic mass is 35.5. The van der Waals surface area contributed by atoms with Gasteiger partial charge in [0.2, 0.25) is 5.91 Å². The van der Waals surface area contributed by atoms with Gasteiger partial charge in [0.15, 0.2) is 11.5 Å². The fourth-order valence-electron chi connectivity index (χ4n) is 2.78. The van der Waals surface area contributed by atoms with Crippen molar-refractivity contribution in [2.45, 2.75) is 25.2 Å². The number of hydrogen-bond acceptors (Lipinski definition) is 6. The lowest BCUT2D eigenvalue weighted by Crippen LogP contribution is -2.55. The van der Waals surface area contributed by atoms with Crippen molar-refractivity contribution in [1.82, 2.24) is 10.6 Å². The summed E-state index contributed by atoms with van der Waals surface area (Å²) in [6.07, 6.45) is -1.11. The van der Waals surface area contributed by atoms with E-state index in [0.29, 0.717) is 48.5 Å². The minimum atomic E-state index is -0.901. The van der Waals surface area contributed by atoms with Gasteiger partial charge in [0.05, 0.1) is 23.8 Å². The van der Waals surface area contributed by atoms with Gasteiger partial charge in [-0.1, -0.05) is 11.6 Å². The monoisotopic (exact) mass is 392 g/mol. The summed E-state index contributed by atoms with van der Waals surface area (Å²) in [4.78, 5) is 12.2. The molecule has 0 aliphatic carbocycles. The van der Waals surface area contributed by atoms with Gasteiger partial charge >= 0.3 is 0 Å². The van der Waals surface area contributed by atoms with Crippen molar-refractivity contribution in [1.29, 1.82) is 0 Å². The lowest BCUT2D eigenvalue weighted by atomic mass is 10.1. The van der Waals surface area contributed by atoms with Crippen LogP contribution in [0.5, 0.6) is 11.5 Å². The summed E-state index contributed by atoms with van der Waals surface area (Å²) in [5.74, 6) is 0.787. The summed E-state index contributed by atoms with van der Waals surface area (Å²) in [5, 5.41) is 16.6. The zero-order valence-electron chi connectivity index (χ0n) is 13.8. The van der Waals surface area contributed by atoms with E-state index in [0.717, 1.165) is 0 Å². The van der Waals surface area contributed by atoms with Gasteiger partial charge in [-0.2, -0.15) is 0 Å². The average molecular weight is 393 g/mol. The molecule has 0 spiro atoms. The number of aliphatic hydroxyl groups excluding tert-OH is 1. The lowest BCUT2D eigenvalue weighted by Gasteiger charge is -2.29. The SMILES string of the molecule is C[C@H]1OCCN[C@@H]1C(=O)NCC(O)c1cc(Cl)c2c(c1)OCCO2.Cl. The van der Waals surface area contributed by atoms with Crippen LogP contribution in [0.15, 0.2) is 12.1 Å². The summed E-state index contributed by atoms with van der Waals surface area (Å²) in [7, 11) is 0. The number of benzene rings is 1. The second-order valence-electron chi connectivity index (χ2n) is 5.80. The van der Waals surface area contributed by atoms with Gasteiger partial charge in [-0.05, 0) is 24.6 Å². The Balaban J connectivity index is 0.00000225. The summed E-state index contributed by atoms with van der Waals surface area (Å²) in [6.45, 7) is 4.00. The van der Waals surface area contributed by atoms with Crippen LogP contribution in [0.1, 0.15) is 18.6 Å². The van der Waals surface area contributed by atoms with Crippen LogP contribution >= 0.6 is 24.0 Å². The minimum Gasteiger partial charge on any atom is -0.486 e. The molecular weight excluding hydrogens is 371 g/mol. The summed E-state index contributed by atoms with van der Waals surface area (Å²) in [5.41, 5.74) is 0.561. The van der Waals surface area contributed by atoms with Crippen LogP contribution in [0.4, 0.5) is 0 Å². The van der Waals surface area contributed by atoms with Crippen molar-refractivity contribution in [3.8, 4) is 11.5 Å². The largest absolute Gasteiger partial charge is 0.486 e. The molecule has 1 aromatic rings. The van der Waals surface area contributed by atoms with E-state index in [1.54, 1.807) is 12.1 Å². The van der Waals surface area contributed by atoms with E-state index < -0.39 is 12.1 Å². The molecule has 9 heteroatoms. The lowest BCUT2D eigenvalue weighted by molar-refractivity contribution is -0.129. The molecule has 3 atom stereocenters. The van der Waals surface area contributed by atoms with Gasteiger partial charge < -0.3 is 30.0 Å². The summed E-state index contributed by atoms with van der Waals surface area (Å²) in [6, 6.07) is 2.88. The molecule has 0 saturated carbocycles. The number of morpholine rings is 1. The molecule has 1 fully saturated rings. The van der Waals surface area contributed by atoms with E-state index in [-0.39, 0.29) is 31.0 Å². The van der Waals surface area contributed by atoms with Crippen LogP contribution < -0.4 is 20.1 Å². The number of hydrogen-bond donors (Lipinski definition) is 3. The van der Waals surface area contributed by atoms with Crippen LogP contribution in [-0.4, -0.2) is 56.1 Å². The predicted octanol–water partition coefficient (Wildman–Crippen LogP) is 1.06. The number of carbonyl (C=O) groups is 1. The molecule has 1 unspecified atom stereocenters. The van der Waals surface area contributed by atoms with Crippen molar-refractivity contribution >= 4 is 29.9 Å². The normalized spacial score (nSPS) is 23.3. The number of carbonyl (C=O) groups excluding carboxylic acids is 1. The maximum Gasteiger partial charge on any atom is 0.239 e. The standard InChI is InChI=1S/C16H21ClN2O5.ClH/c1-9-14(18-2-3-22-9)16(21)19-8-12(20)10-6-11(17)15-13(7-10)23-4-5-24-15;/h6-7,9,12,14,18,20H,2-5,8H2,1H3,(H,19,21);1H/t9-,12?,14+;/m1./s1. The van der Waals surface area contributed by atoms with Gasteiger partial charge in [0, 0.05) is 13.1 Å². The molecule has 0 bridgehead atoms. The van der Waals surface area contributed by atoms with E-state index in [1.165, 1.54) is 0 Å². The summed E-state index contributed by atoms with van der Waals surface area (Å²) < 4.78 is 16.4. The first-order valence-corrected chi connectivity index (χ1v) is 8.34. The second kappa shape index (κ2) is 8.91. The molecule has 2 heterocycles. The Labute approximate surface area is 157 Å². The Morgan fingerprint density at radius 3 is 2.92 bits per heavy atom. The maximum absolute atomic E-state index is 12.2. The number of nitrogens with one attached hydrogen (secondary N) is 2. The van der Waals surface area contributed by atoms with Crippen LogP contribution in [0, 0.1) is 0 Å². The molecule has 7 nitrogen and oxygen atoms in total. The Kier molecular flexibility index (Phi) is 7.15. The Morgan fingerprint density at radius 1 is 1.40 bits per heavy atom. The zero-order valence-corrected chi connectivity index (χ0v) is 15.4. The first-order valence-electron chi connectivity index (χ1n) is 7.96. The topological polar surface area (TPSA) is 89.1 Å². The van der Waals surface area contributed by atoms with Crippen molar-refractivity contribution in [2.24, 2.45) is 0 Å². The molecule has 1 amide bonds. The van der Waals surface area contributed by atoms with E-state index >= 15 is 0 Å². The Bertz CT molecular complexity index is 616. The fourth-order valence-corrected chi connectivity index (χ4v) is 3.05. The van der Waals surface area contributed by atoms with Crippen molar-refractivity contribution in [2.75, 3.05) is 32.9 Å². The molecule has 1 saturated heterocycles. The van der Waals surface area contributed by atoms with Crippen LogP contribution in [0.2, 0.25) is 5.02 Å². The van der Waals surface area contributed by atoms with Crippen LogP contribution in [0.3, 0.4) is 0 Å². The maximum atomic E-state index is 12.2. The first kappa shape index (κ1) is 20.1. The van der Waals surface area contributed by atoms with Crippen LogP contribution in [-0.2, 0) is 9.53 Å². The fraction of sp³-hybridized carbons (Fsp3) is 0.562. The number of rotatable bonds is 4. The molecule has 1 aromatic carbocycles. The van der Waals surface area contributed by atoms with E-state index in [2.05, 4.69) is 10.6 Å². The Morgan fingerprint density at radius 2 is 2.16 bits per heavy atom. The molecule has 0 radical (unpaired) electrons. The molecule has 3 N–H and O–H groups in total. The molecule has 3 rings (SSSR count). The number of halogens is 2. The van der Waals surface area contributed by atoms with E-state index in [4.69, 9.17) is 25.8 Å². The van der Waals surface area contributed by atoms with Gasteiger partial charge in [-0.25, -0.2) is 0 Å². The third kappa shape index (κ3) is 4.68. The van der Waals surface area contributed by atoms with Crippen molar-refractivity contribution in [3.05, 3.63) is 22.7 Å². The molecular formula is C16H22Cl2N2O5. The molecule has 140 valence electrons. The second-order valence-corrected chi connectivity index (χ2v) is 6.20. The smallest absolute Gasteiger partial charge is 0.239 e. The van der Waals surface area contributed by atoms with Crippen molar-refractivity contribution in [3.63, 3.8) is 0 Å². The zero-order chi connectivity index (χ0) is 17.1.